The molecule has 2 atom stereocenters. The van der Waals surface area contributed by atoms with E-state index in [2.05, 4.69) is 0 Å². The standard InChI is InChI=1S/C11H18F2O2/c12-10(13)7-15-9-6-8(14)11(9)4-2-1-3-5-11/h8-10,14H,1-7H2. The SMILES string of the molecule is OC1CC(OCC(F)F)C12CCCCC2. The molecule has 0 aromatic carbocycles. The number of rotatable bonds is 3. The Balaban J connectivity index is 1.90. The van der Waals surface area contributed by atoms with Gasteiger partial charge in [0.1, 0.15) is 6.61 Å². The Morgan fingerprint density at radius 1 is 1.27 bits per heavy atom. The minimum atomic E-state index is -2.40. The summed E-state index contributed by atoms with van der Waals surface area (Å²) in [4.78, 5) is 0. The molecule has 4 heteroatoms. The van der Waals surface area contributed by atoms with E-state index in [1.54, 1.807) is 0 Å². The molecule has 0 amide bonds. The van der Waals surface area contributed by atoms with E-state index >= 15 is 0 Å². The summed E-state index contributed by atoms with van der Waals surface area (Å²) in [5.41, 5.74) is -0.187. The van der Waals surface area contributed by atoms with E-state index in [1.165, 1.54) is 6.42 Å². The Kier molecular flexibility index (Phi) is 3.26. The van der Waals surface area contributed by atoms with Crippen molar-refractivity contribution in [2.75, 3.05) is 6.61 Å². The van der Waals surface area contributed by atoms with Gasteiger partial charge in [0, 0.05) is 11.8 Å². The summed E-state index contributed by atoms with van der Waals surface area (Å²) in [6, 6.07) is 0. The molecule has 2 nitrogen and oxygen atoms in total. The van der Waals surface area contributed by atoms with Crippen molar-refractivity contribution in [2.45, 2.75) is 57.2 Å². The predicted molar refractivity (Wildman–Crippen MR) is 51.9 cm³/mol. The van der Waals surface area contributed by atoms with Gasteiger partial charge in [0.05, 0.1) is 12.2 Å². The third kappa shape index (κ3) is 2.02. The average Bonchev–Trinajstić information content (AvgIpc) is 2.25. The molecule has 88 valence electrons. The molecule has 2 aliphatic rings. The van der Waals surface area contributed by atoms with Crippen molar-refractivity contribution in [3.05, 3.63) is 0 Å². The fraction of sp³-hybridized carbons (Fsp3) is 1.00. The van der Waals surface area contributed by atoms with Crippen LogP contribution >= 0.6 is 0 Å². The van der Waals surface area contributed by atoms with Crippen LogP contribution < -0.4 is 0 Å². The molecule has 2 rings (SSSR count). The fourth-order valence-corrected chi connectivity index (χ4v) is 3.01. The van der Waals surface area contributed by atoms with Crippen LogP contribution in [0.2, 0.25) is 0 Å². The van der Waals surface area contributed by atoms with Crippen LogP contribution in [-0.2, 0) is 4.74 Å². The summed E-state index contributed by atoms with van der Waals surface area (Å²) >= 11 is 0. The van der Waals surface area contributed by atoms with Crippen molar-refractivity contribution in [1.29, 1.82) is 0 Å². The van der Waals surface area contributed by atoms with Gasteiger partial charge in [-0.25, -0.2) is 8.78 Å². The van der Waals surface area contributed by atoms with Crippen LogP contribution in [-0.4, -0.2) is 30.3 Å². The molecule has 1 N–H and O–H groups in total. The molecule has 0 bridgehead atoms. The van der Waals surface area contributed by atoms with Crippen LogP contribution in [0.1, 0.15) is 38.5 Å². The quantitative estimate of drug-likeness (QED) is 0.791. The van der Waals surface area contributed by atoms with Crippen LogP contribution in [0.15, 0.2) is 0 Å². The van der Waals surface area contributed by atoms with E-state index < -0.39 is 13.0 Å². The number of aliphatic hydroxyl groups excluding tert-OH is 1. The summed E-state index contributed by atoms with van der Waals surface area (Å²) in [7, 11) is 0. The highest BCUT2D eigenvalue weighted by molar-refractivity contribution is 5.05. The van der Waals surface area contributed by atoms with Crippen LogP contribution in [0, 0.1) is 5.41 Å². The van der Waals surface area contributed by atoms with Crippen molar-refractivity contribution < 1.29 is 18.6 Å². The van der Waals surface area contributed by atoms with Crippen molar-refractivity contribution >= 4 is 0 Å². The maximum absolute atomic E-state index is 12.0. The first kappa shape index (κ1) is 11.3. The molecule has 0 heterocycles. The highest BCUT2D eigenvalue weighted by atomic mass is 19.3. The molecular formula is C11H18F2O2. The van der Waals surface area contributed by atoms with Crippen molar-refractivity contribution in [2.24, 2.45) is 5.41 Å². The Morgan fingerprint density at radius 2 is 1.93 bits per heavy atom. The first-order valence-corrected chi connectivity index (χ1v) is 5.73. The first-order chi connectivity index (χ1) is 7.15. The summed E-state index contributed by atoms with van der Waals surface area (Å²) < 4.78 is 29.2. The van der Waals surface area contributed by atoms with Gasteiger partial charge in [-0.2, -0.15) is 0 Å². The third-order valence-corrected chi connectivity index (χ3v) is 3.95. The van der Waals surface area contributed by atoms with Crippen LogP contribution in [0.3, 0.4) is 0 Å². The first-order valence-electron chi connectivity index (χ1n) is 5.73. The Hall–Kier alpha value is -0.220. The molecule has 0 radical (unpaired) electrons. The summed E-state index contributed by atoms with van der Waals surface area (Å²) in [5, 5.41) is 9.79. The smallest absolute Gasteiger partial charge is 0.261 e. The van der Waals surface area contributed by atoms with Gasteiger partial charge >= 0.3 is 0 Å². The van der Waals surface area contributed by atoms with Crippen LogP contribution in [0.4, 0.5) is 8.78 Å². The predicted octanol–water partition coefficient (Wildman–Crippen LogP) is 2.35. The second-order valence-corrected chi connectivity index (χ2v) is 4.76. The zero-order valence-electron chi connectivity index (χ0n) is 8.79. The highest BCUT2D eigenvalue weighted by Gasteiger charge is 2.55. The van der Waals surface area contributed by atoms with Gasteiger partial charge in [0.15, 0.2) is 0 Å². The molecule has 0 aliphatic heterocycles. The molecule has 2 saturated carbocycles. The molecule has 0 aromatic heterocycles. The Bertz CT molecular complexity index is 215. The second-order valence-electron chi connectivity index (χ2n) is 4.76. The zero-order valence-corrected chi connectivity index (χ0v) is 8.79. The lowest BCUT2D eigenvalue weighted by molar-refractivity contribution is -0.215. The molecule has 15 heavy (non-hydrogen) atoms. The normalized spacial score (nSPS) is 34.4. The molecule has 2 unspecified atom stereocenters. The lowest BCUT2D eigenvalue weighted by atomic mass is 9.56. The molecule has 2 aliphatic carbocycles. The van der Waals surface area contributed by atoms with Gasteiger partial charge in [0.2, 0.25) is 0 Å². The van der Waals surface area contributed by atoms with Gasteiger partial charge in [-0.15, -0.1) is 0 Å². The van der Waals surface area contributed by atoms with Crippen molar-refractivity contribution in [3.8, 4) is 0 Å². The number of hydrogen-bond acceptors (Lipinski definition) is 2. The fourth-order valence-electron chi connectivity index (χ4n) is 3.01. The van der Waals surface area contributed by atoms with Crippen LogP contribution in [0.25, 0.3) is 0 Å². The number of aliphatic hydroxyl groups is 1. The zero-order chi connectivity index (χ0) is 10.9. The molecule has 0 saturated heterocycles. The van der Waals surface area contributed by atoms with E-state index in [0.717, 1.165) is 25.7 Å². The highest BCUT2D eigenvalue weighted by Crippen LogP contribution is 2.53. The van der Waals surface area contributed by atoms with Gasteiger partial charge < -0.3 is 9.84 Å². The number of alkyl halides is 2. The van der Waals surface area contributed by atoms with Gasteiger partial charge in [-0.05, 0) is 12.8 Å². The largest absolute Gasteiger partial charge is 0.392 e. The van der Waals surface area contributed by atoms with E-state index in [4.69, 9.17) is 4.74 Å². The summed E-state index contributed by atoms with van der Waals surface area (Å²) in [6.07, 6.45) is 2.90. The van der Waals surface area contributed by atoms with Crippen LogP contribution in [0.5, 0.6) is 0 Å². The van der Waals surface area contributed by atoms with Gasteiger partial charge in [0.25, 0.3) is 6.43 Å². The van der Waals surface area contributed by atoms with Crippen molar-refractivity contribution in [3.63, 3.8) is 0 Å². The molecule has 0 aromatic rings. The summed E-state index contributed by atoms with van der Waals surface area (Å²) in [5.74, 6) is 0. The Morgan fingerprint density at radius 3 is 2.47 bits per heavy atom. The number of ether oxygens (including phenoxy) is 1. The summed E-state index contributed by atoms with van der Waals surface area (Å²) in [6.45, 7) is -0.487. The maximum atomic E-state index is 12.0. The van der Waals surface area contributed by atoms with Gasteiger partial charge in [-0.1, -0.05) is 19.3 Å². The Labute approximate surface area is 88.6 Å². The van der Waals surface area contributed by atoms with E-state index in [0.29, 0.717) is 6.42 Å². The lowest BCUT2D eigenvalue weighted by Gasteiger charge is -2.55. The van der Waals surface area contributed by atoms with E-state index in [-0.39, 0.29) is 17.6 Å². The second kappa shape index (κ2) is 4.34. The minimum absolute atomic E-state index is 0.137. The molecular weight excluding hydrogens is 202 g/mol. The maximum Gasteiger partial charge on any atom is 0.261 e. The lowest BCUT2D eigenvalue weighted by Crippen LogP contribution is -2.59. The molecule has 2 fully saturated rings. The van der Waals surface area contributed by atoms with Crippen molar-refractivity contribution in [1.82, 2.24) is 0 Å². The number of halogens is 2. The minimum Gasteiger partial charge on any atom is -0.392 e. The molecule has 1 spiro atoms. The monoisotopic (exact) mass is 220 g/mol. The number of hydrogen-bond donors (Lipinski definition) is 1. The average molecular weight is 220 g/mol. The third-order valence-electron chi connectivity index (χ3n) is 3.95. The van der Waals surface area contributed by atoms with Gasteiger partial charge in [-0.3, -0.25) is 0 Å². The topological polar surface area (TPSA) is 29.5 Å². The van der Waals surface area contributed by atoms with E-state index in [9.17, 15) is 13.9 Å². The van der Waals surface area contributed by atoms with E-state index in [1.807, 2.05) is 0 Å².